The van der Waals surface area contributed by atoms with Crippen LogP contribution in [-0.2, 0) is 10.0 Å². The Labute approximate surface area is 123 Å². The molecule has 1 N–H and O–H groups in total. The van der Waals surface area contributed by atoms with E-state index >= 15 is 0 Å². The van der Waals surface area contributed by atoms with Gasteiger partial charge in [-0.1, -0.05) is 48.9 Å². The largest absolute Gasteiger partial charge is 0.266 e. The summed E-state index contributed by atoms with van der Waals surface area (Å²) in [6.45, 7) is 1.86. The normalized spacial score (nSPS) is 12.9. The Hall–Kier alpha value is -1.66. The zero-order valence-corrected chi connectivity index (χ0v) is 12.4. The fourth-order valence-electron chi connectivity index (χ4n) is 1.77. The summed E-state index contributed by atoms with van der Waals surface area (Å²) in [5.74, 6) is 0.0186. The van der Waals surface area contributed by atoms with E-state index in [1.807, 2.05) is 37.3 Å². The highest BCUT2D eigenvalue weighted by molar-refractivity contribution is 7.92. The molecular weight excluding hydrogens is 298 g/mol. The second kappa shape index (κ2) is 6.19. The van der Waals surface area contributed by atoms with E-state index in [0.29, 0.717) is 0 Å². The summed E-state index contributed by atoms with van der Waals surface area (Å²) in [6.07, 6.45) is 2.58. The van der Waals surface area contributed by atoms with E-state index in [0.717, 1.165) is 5.56 Å². The first kappa shape index (κ1) is 14.7. The standard InChI is InChI=1S/C13H14ClN3O2S/c1-10(11-5-3-2-4-6-11)9-20(18,19)17-13-8-15-12(14)7-16-13/h2-8,10H,9H2,1H3,(H,16,17). The van der Waals surface area contributed by atoms with Crippen molar-refractivity contribution in [1.29, 1.82) is 0 Å². The Balaban J connectivity index is 2.06. The van der Waals surface area contributed by atoms with Crippen LogP contribution in [0.3, 0.4) is 0 Å². The van der Waals surface area contributed by atoms with Gasteiger partial charge >= 0.3 is 0 Å². The fourth-order valence-corrected chi connectivity index (χ4v) is 3.23. The van der Waals surface area contributed by atoms with E-state index in [1.54, 1.807) is 0 Å². The van der Waals surface area contributed by atoms with Crippen molar-refractivity contribution < 1.29 is 8.42 Å². The Morgan fingerprint density at radius 3 is 2.50 bits per heavy atom. The highest BCUT2D eigenvalue weighted by Gasteiger charge is 2.17. The highest BCUT2D eigenvalue weighted by Crippen LogP contribution is 2.18. The number of aromatic nitrogens is 2. The van der Waals surface area contributed by atoms with Gasteiger partial charge in [0.2, 0.25) is 10.0 Å². The van der Waals surface area contributed by atoms with Crippen LogP contribution < -0.4 is 4.72 Å². The van der Waals surface area contributed by atoms with E-state index in [1.165, 1.54) is 12.4 Å². The number of nitrogens with one attached hydrogen (secondary N) is 1. The molecule has 1 heterocycles. The molecule has 106 valence electrons. The van der Waals surface area contributed by atoms with Crippen LogP contribution in [0.5, 0.6) is 0 Å². The Bertz CT molecular complexity index is 660. The lowest BCUT2D eigenvalue weighted by Crippen LogP contribution is -2.21. The van der Waals surface area contributed by atoms with Crippen molar-refractivity contribution in [2.75, 3.05) is 10.5 Å². The molecule has 0 bridgehead atoms. The molecule has 0 aliphatic heterocycles. The predicted molar refractivity (Wildman–Crippen MR) is 79.3 cm³/mol. The van der Waals surface area contributed by atoms with Gasteiger partial charge < -0.3 is 0 Å². The van der Waals surface area contributed by atoms with Crippen LogP contribution in [0.4, 0.5) is 5.82 Å². The lowest BCUT2D eigenvalue weighted by atomic mass is 10.0. The molecule has 0 radical (unpaired) electrons. The first-order chi connectivity index (χ1) is 9.46. The Morgan fingerprint density at radius 1 is 1.20 bits per heavy atom. The van der Waals surface area contributed by atoms with Gasteiger partial charge in [0.15, 0.2) is 5.82 Å². The molecule has 5 nitrogen and oxygen atoms in total. The van der Waals surface area contributed by atoms with E-state index in [9.17, 15) is 8.42 Å². The topological polar surface area (TPSA) is 72.0 Å². The minimum Gasteiger partial charge on any atom is -0.266 e. The molecule has 20 heavy (non-hydrogen) atoms. The van der Waals surface area contributed by atoms with E-state index < -0.39 is 10.0 Å². The van der Waals surface area contributed by atoms with Gasteiger partial charge in [0, 0.05) is 0 Å². The zero-order valence-electron chi connectivity index (χ0n) is 10.8. The van der Waals surface area contributed by atoms with Gasteiger partial charge in [-0.3, -0.25) is 4.72 Å². The van der Waals surface area contributed by atoms with Crippen LogP contribution in [0.2, 0.25) is 5.15 Å². The number of benzene rings is 1. The van der Waals surface area contributed by atoms with Crippen LogP contribution in [-0.4, -0.2) is 24.1 Å². The molecule has 1 aromatic heterocycles. The SMILES string of the molecule is CC(CS(=O)(=O)Nc1cnc(Cl)cn1)c1ccccc1. The van der Waals surface area contributed by atoms with Crippen molar-refractivity contribution in [3.8, 4) is 0 Å². The van der Waals surface area contributed by atoms with Crippen LogP contribution in [0.25, 0.3) is 0 Å². The second-order valence-electron chi connectivity index (χ2n) is 4.42. The van der Waals surface area contributed by atoms with Crippen molar-refractivity contribution in [1.82, 2.24) is 9.97 Å². The van der Waals surface area contributed by atoms with Crippen LogP contribution in [0.15, 0.2) is 42.7 Å². The molecule has 1 unspecified atom stereocenters. The van der Waals surface area contributed by atoms with Crippen molar-refractivity contribution >= 4 is 27.4 Å². The maximum absolute atomic E-state index is 12.1. The molecule has 0 saturated heterocycles. The van der Waals surface area contributed by atoms with Crippen LogP contribution >= 0.6 is 11.6 Å². The number of nitrogens with zero attached hydrogens (tertiary/aromatic N) is 2. The van der Waals surface area contributed by atoms with E-state index in [-0.39, 0.29) is 22.6 Å². The smallest absolute Gasteiger partial charge is 0.234 e. The molecule has 0 saturated carbocycles. The quantitative estimate of drug-likeness (QED) is 0.921. The van der Waals surface area contributed by atoms with Crippen molar-refractivity contribution in [2.24, 2.45) is 0 Å². The average Bonchev–Trinajstić information content (AvgIpc) is 2.41. The highest BCUT2D eigenvalue weighted by atomic mass is 35.5. The fraction of sp³-hybridized carbons (Fsp3) is 0.231. The minimum absolute atomic E-state index is 0.0265. The van der Waals surface area contributed by atoms with E-state index in [4.69, 9.17) is 11.6 Å². The van der Waals surface area contributed by atoms with Gasteiger partial charge in [0.05, 0.1) is 18.1 Å². The third-order valence-corrected chi connectivity index (χ3v) is 4.37. The molecule has 1 atom stereocenters. The molecule has 2 aromatic rings. The summed E-state index contributed by atoms with van der Waals surface area (Å²) in [4.78, 5) is 7.64. The number of rotatable bonds is 5. The summed E-state index contributed by atoms with van der Waals surface area (Å²) in [7, 11) is -3.49. The summed E-state index contributed by atoms with van der Waals surface area (Å²) < 4.78 is 26.5. The number of halogens is 1. The van der Waals surface area contributed by atoms with Gasteiger partial charge in [-0.2, -0.15) is 0 Å². The molecule has 7 heteroatoms. The number of sulfonamides is 1. The molecule has 0 spiro atoms. The summed E-state index contributed by atoms with van der Waals surface area (Å²) in [5, 5.41) is 0.214. The van der Waals surface area contributed by atoms with Gasteiger partial charge in [-0.25, -0.2) is 18.4 Å². The summed E-state index contributed by atoms with van der Waals surface area (Å²) >= 11 is 5.60. The lowest BCUT2D eigenvalue weighted by molar-refractivity contribution is 0.595. The third-order valence-electron chi connectivity index (χ3n) is 2.72. The predicted octanol–water partition coefficient (Wildman–Crippen LogP) is 2.68. The summed E-state index contributed by atoms with van der Waals surface area (Å²) in [6, 6.07) is 9.48. The van der Waals surface area contributed by atoms with Gasteiger partial charge in [0.25, 0.3) is 0 Å². The Morgan fingerprint density at radius 2 is 1.90 bits per heavy atom. The van der Waals surface area contributed by atoms with E-state index in [2.05, 4.69) is 14.7 Å². The van der Waals surface area contributed by atoms with Gasteiger partial charge in [-0.05, 0) is 11.5 Å². The van der Waals surface area contributed by atoms with Crippen molar-refractivity contribution in [3.05, 3.63) is 53.4 Å². The first-order valence-corrected chi connectivity index (χ1v) is 8.02. The van der Waals surface area contributed by atoms with Crippen molar-refractivity contribution in [3.63, 3.8) is 0 Å². The lowest BCUT2D eigenvalue weighted by Gasteiger charge is -2.13. The maximum Gasteiger partial charge on any atom is 0.234 e. The average molecular weight is 312 g/mol. The molecule has 2 rings (SSSR count). The minimum atomic E-state index is -3.49. The molecule has 0 aliphatic rings. The molecule has 0 fully saturated rings. The summed E-state index contributed by atoms with van der Waals surface area (Å²) in [5.41, 5.74) is 0.972. The monoisotopic (exact) mass is 311 g/mol. The van der Waals surface area contributed by atoms with Crippen molar-refractivity contribution in [2.45, 2.75) is 12.8 Å². The number of hydrogen-bond acceptors (Lipinski definition) is 4. The molecule has 1 aromatic carbocycles. The van der Waals surface area contributed by atoms with Crippen LogP contribution in [0.1, 0.15) is 18.4 Å². The molecule has 0 amide bonds. The second-order valence-corrected chi connectivity index (χ2v) is 6.57. The Kier molecular flexibility index (Phi) is 4.57. The molecule has 0 aliphatic carbocycles. The van der Waals surface area contributed by atoms with Gasteiger partial charge in [0.1, 0.15) is 5.15 Å². The third kappa shape index (κ3) is 4.18. The zero-order chi connectivity index (χ0) is 14.6. The number of hydrogen-bond donors (Lipinski definition) is 1. The first-order valence-electron chi connectivity index (χ1n) is 5.99. The maximum atomic E-state index is 12.1. The molecular formula is C13H14ClN3O2S. The van der Waals surface area contributed by atoms with Crippen LogP contribution in [0, 0.1) is 0 Å². The number of anilines is 1. The van der Waals surface area contributed by atoms with Gasteiger partial charge in [-0.15, -0.1) is 0 Å².